The van der Waals surface area contributed by atoms with E-state index in [2.05, 4.69) is 121 Å². The summed E-state index contributed by atoms with van der Waals surface area (Å²) >= 11 is 0. The Morgan fingerprint density at radius 2 is 0.896 bits per heavy atom. The third-order valence-electron chi connectivity index (χ3n) is 9.07. The molecule has 48 heavy (non-hydrogen) atoms. The average molecular weight is 616 g/mol. The van der Waals surface area contributed by atoms with Crippen LogP contribution in [0.15, 0.2) is 164 Å². The number of benzene rings is 7. The molecule has 0 fully saturated rings. The quantitative estimate of drug-likeness (QED) is 0.193. The second-order valence-electron chi connectivity index (χ2n) is 11.9. The summed E-state index contributed by atoms with van der Waals surface area (Å²) in [7, 11) is 0. The van der Waals surface area contributed by atoms with E-state index >= 15 is 0 Å². The van der Waals surface area contributed by atoms with Gasteiger partial charge in [-0.15, -0.1) is 0 Å². The van der Waals surface area contributed by atoms with Crippen LogP contribution in [0.1, 0.15) is 5.56 Å². The predicted molar refractivity (Wildman–Crippen MR) is 194 cm³/mol. The Bertz CT molecular complexity index is 2460. The second-order valence-corrected chi connectivity index (χ2v) is 11.9. The number of hydrogen-bond acceptors (Lipinski definition) is 4. The van der Waals surface area contributed by atoms with Gasteiger partial charge in [0.2, 0.25) is 0 Å². The first-order valence-corrected chi connectivity index (χ1v) is 16.1. The van der Waals surface area contributed by atoms with Crippen molar-refractivity contribution in [2.45, 2.75) is 6.61 Å². The summed E-state index contributed by atoms with van der Waals surface area (Å²) in [5.74, 6) is 2.81. The van der Waals surface area contributed by atoms with Crippen LogP contribution in [-0.2, 0) is 6.61 Å². The Kier molecular flexibility index (Phi) is 6.83. The minimum absolute atomic E-state index is 0.575. The van der Waals surface area contributed by atoms with Gasteiger partial charge in [0.05, 0.1) is 0 Å². The molecule has 1 aliphatic rings. The molecule has 0 amide bonds. The molecule has 9 rings (SSSR count). The Morgan fingerprint density at radius 1 is 0.354 bits per heavy atom. The summed E-state index contributed by atoms with van der Waals surface area (Å²) in [5.41, 5.74) is 10.9. The zero-order valence-electron chi connectivity index (χ0n) is 26.0. The van der Waals surface area contributed by atoms with Crippen molar-refractivity contribution in [1.82, 2.24) is 15.0 Å². The van der Waals surface area contributed by atoms with Gasteiger partial charge in [-0.1, -0.05) is 152 Å². The number of nitrogens with zero attached hydrogens (tertiary/aromatic N) is 3. The lowest BCUT2D eigenvalue weighted by molar-refractivity contribution is 0.302. The molecule has 0 atom stereocenters. The molecule has 0 bridgehead atoms. The SMILES string of the molecule is c1ccc(-c2nc(-c3ccccc3-c3ccccc3)nc(-c3ccc(-c4cccc5c4-c4ccccc4CO5)c4ccccc34)n2)cc1. The molecule has 0 spiro atoms. The van der Waals surface area contributed by atoms with Crippen molar-refractivity contribution in [3.63, 3.8) is 0 Å². The van der Waals surface area contributed by atoms with Gasteiger partial charge in [0.25, 0.3) is 0 Å². The lowest BCUT2D eigenvalue weighted by Gasteiger charge is -2.24. The van der Waals surface area contributed by atoms with Crippen molar-refractivity contribution in [2.75, 3.05) is 0 Å². The fraction of sp³-hybridized carbons (Fsp3) is 0.0227. The standard InChI is InChI=1S/C44H29N3O/c1-3-14-29(15-4-1)32-19-9-12-23-38(32)43-45-42(30-16-5-2-6-17-30)46-44(47-43)39-27-26-36(34-21-10-11-22-35(34)39)37-24-13-25-40-41(37)33-20-8-7-18-31(33)28-48-40/h1-27H,28H2. The van der Waals surface area contributed by atoms with Crippen LogP contribution in [0.3, 0.4) is 0 Å². The molecule has 4 nitrogen and oxygen atoms in total. The number of hydrogen-bond donors (Lipinski definition) is 0. The fourth-order valence-electron chi connectivity index (χ4n) is 6.81. The van der Waals surface area contributed by atoms with E-state index in [1.165, 1.54) is 11.1 Å². The van der Waals surface area contributed by atoms with E-state index in [1.54, 1.807) is 0 Å². The molecule has 0 saturated heterocycles. The van der Waals surface area contributed by atoms with E-state index in [0.717, 1.165) is 61.0 Å². The summed E-state index contributed by atoms with van der Waals surface area (Å²) < 4.78 is 6.24. The predicted octanol–water partition coefficient (Wildman–Crippen LogP) is 10.9. The maximum atomic E-state index is 6.24. The number of fused-ring (bicyclic) bond motifs is 4. The normalized spacial score (nSPS) is 11.8. The van der Waals surface area contributed by atoms with Gasteiger partial charge in [0.1, 0.15) is 12.4 Å². The van der Waals surface area contributed by atoms with Crippen molar-refractivity contribution in [3.8, 4) is 73.3 Å². The topological polar surface area (TPSA) is 47.9 Å². The average Bonchev–Trinajstić information content (AvgIpc) is 3.17. The molecular weight excluding hydrogens is 587 g/mol. The molecule has 4 heteroatoms. The van der Waals surface area contributed by atoms with Crippen LogP contribution < -0.4 is 4.74 Å². The number of rotatable bonds is 5. The second kappa shape index (κ2) is 11.8. The summed E-state index contributed by atoms with van der Waals surface area (Å²) in [6, 6.07) is 56.6. The zero-order valence-corrected chi connectivity index (χ0v) is 26.0. The molecular formula is C44H29N3O. The van der Waals surface area contributed by atoms with Gasteiger partial charge in [0, 0.05) is 22.3 Å². The van der Waals surface area contributed by atoms with Gasteiger partial charge in [-0.2, -0.15) is 0 Å². The summed E-state index contributed by atoms with van der Waals surface area (Å²) in [5, 5.41) is 2.20. The summed E-state index contributed by atoms with van der Waals surface area (Å²) in [4.78, 5) is 15.4. The summed E-state index contributed by atoms with van der Waals surface area (Å²) in [6.07, 6.45) is 0. The molecule has 0 unspecified atom stereocenters. The highest BCUT2D eigenvalue weighted by molar-refractivity contribution is 6.07. The van der Waals surface area contributed by atoms with Crippen LogP contribution >= 0.6 is 0 Å². The molecule has 8 aromatic rings. The highest BCUT2D eigenvalue weighted by Gasteiger charge is 2.23. The van der Waals surface area contributed by atoms with Gasteiger partial charge >= 0.3 is 0 Å². The molecule has 7 aromatic carbocycles. The highest BCUT2D eigenvalue weighted by atomic mass is 16.5. The van der Waals surface area contributed by atoms with Crippen molar-refractivity contribution in [2.24, 2.45) is 0 Å². The molecule has 0 aliphatic carbocycles. The largest absolute Gasteiger partial charge is 0.488 e. The smallest absolute Gasteiger partial charge is 0.164 e. The third-order valence-corrected chi connectivity index (χ3v) is 9.07. The van der Waals surface area contributed by atoms with Crippen molar-refractivity contribution in [1.29, 1.82) is 0 Å². The van der Waals surface area contributed by atoms with E-state index < -0.39 is 0 Å². The molecule has 0 radical (unpaired) electrons. The van der Waals surface area contributed by atoms with E-state index in [9.17, 15) is 0 Å². The Labute approximate surface area is 279 Å². The van der Waals surface area contributed by atoms with E-state index in [1.807, 2.05) is 42.5 Å². The first kappa shape index (κ1) is 27.9. The minimum Gasteiger partial charge on any atom is -0.488 e. The lowest BCUT2D eigenvalue weighted by Crippen LogP contribution is -2.06. The van der Waals surface area contributed by atoms with Crippen LogP contribution in [0.4, 0.5) is 0 Å². The van der Waals surface area contributed by atoms with Crippen LogP contribution in [0.5, 0.6) is 5.75 Å². The maximum Gasteiger partial charge on any atom is 0.164 e. The lowest BCUT2D eigenvalue weighted by atomic mass is 9.87. The van der Waals surface area contributed by atoms with E-state index in [-0.39, 0.29) is 0 Å². The number of aromatic nitrogens is 3. The van der Waals surface area contributed by atoms with Crippen LogP contribution in [0.2, 0.25) is 0 Å². The van der Waals surface area contributed by atoms with Crippen molar-refractivity contribution < 1.29 is 4.74 Å². The molecule has 226 valence electrons. The van der Waals surface area contributed by atoms with Crippen LogP contribution in [0.25, 0.3) is 78.3 Å². The molecule has 2 heterocycles. The Balaban J connectivity index is 1.26. The highest BCUT2D eigenvalue weighted by Crippen LogP contribution is 2.46. The molecule has 0 N–H and O–H groups in total. The first-order chi connectivity index (χ1) is 23.8. The van der Waals surface area contributed by atoms with Crippen LogP contribution in [0, 0.1) is 0 Å². The van der Waals surface area contributed by atoms with E-state index in [0.29, 0.717) is 24.1 Å². The first-order valence-electron chi connectivity index (χ1n) is 16.1. The van der Waals surface area contributed by atoms with Gasteiger partial charge in [-0.05, 0) is 56.3 Å². The molecule has 1 aliphatic heterocycles. The van der Waals surface area contributed by atoms with Gasteiger partial charge in [-0.3, -0.25) is 0 Å². The molecule has 0 saturated carbocycles. The minimum atomic E-state index is 0.575. The van der Waals surface area contributed by atoms with Gasteiger partial charge in [0.15, 0.2) is 17.5 Å². The Morgan fingerprint density at radius 3 is 1.67 bits per heavy atom. The maximum absolute atomic E-state index is 6.24. The van der Waals surface area contributed by atoms with Gasteiger partial charge < -0.3 is 4.74 Å². The zero-order chi connectivity index (χ0) is 31.9. The molecule has 1 aromatic heterocycles. The van der Waals surface area contributed by atoms with Crippen LogP contribution in [-0.4, -0.2) is 15.0 Å². The number of ether oxygens (including phenoxy) is 1. The monoisotopic (exact) mass is 615 g/mol. The Hall–Kier alpha value is -6.39. The fourth-order valence-corrected chi connectivity index (χ4v) is 6.81. The van der Waals surface area contributed by atoms with Crippen molar-refractivity contribution >= 4 is 10.8 Å². The van der Waals surface area contributed by atoms with Crippen molar-refractivity contribution in [3.05, 3.63) is 169 Å². The third kappa shape index (κ3) is 4.83. The van der Waals surface area contributed by atoms with E-state index in [4.69, 9.17) is 19.7 Å². The summed E-state index contributed by atoms with van der Waals surface area (Å²) in [6.45, 7) is 0.575. The van der Waals surface area contributed by atoms with Gasteiger partial charge in [-0.25, -0.2) is 15.0 Å².